The van der Waals surface area contributed by atoms with Crippen molar-refractivity contribution in [3.05, 3.63) is 175 Å². The highest BCUT2D eigenvalue weighted by molar-refractivity contribution is 6.30. The minimum atomic E-state index is -0.545. The van der Waals surface area contributed by atoms with E-state index in [1.807, 2.05) is 0 Å². The van der Waals surface area contributed by atoms with E-state index in [0.717, 1.165) is 45.9 Å². The minimum absolute atomic E-state index is 0.123. The van der Waals surface area contributed by atoms with E-state index in [4.69, 9.17) is 9.98 Å². The molecular weight excluding hydrogens is 635 g/mol. The summed E-state index contributed by atoms with van der Waals surface area (Å²) in [5.74, 6) is 1.88. The topological polar surface area (TPSA) is 46.6 Å². The lowest BCUT2D eigenvalue weighted by molar-refractivity contribution is 0.567. The van der Waals surface area contributed by atoms with E-state index in [1.165, 1.54) is 48.6 Å². The molecule has 11 rings (SSSR count). The molecule has 1 N–H and O–H groups in total. The number of para-hydroxylation sites is 1. The lowest BCUT2D eigenvalue weighted by Crippen LogP contribution is -2.40. The molecule has 0 saturated carbocycles. The van der Waals surface area contributed by atoms with Crippen LogP contribution in [0.25, 0.3) is 70.8 Å². The van der Waals surface area contributed by atoms with Gasteiger partial charge in [-0.1, -0.05) is 146 Å². The van der Waals surface area contributed by atoms with Gasteiger partial charge in [0.25, 0.3) is 0 Å². The third-order valence-electron chi connectivity index (χ3n) is 10.8. The average molecular weight is 668 g/mol. The molecule has 246 valence electrons. The van der Waals surface area contributed by atoms with Gasteiger partial charge in [0.15, 0.2) is 0 Å². The van der Waals surface area contributed by atoms with Crippen LogP contribution in [0, 0.1) is 5.92 Å². The largest absolute Gasteiger partial charge is 0.328 e. The fraction of sp³-hybridized carbons (Fsp3) is 0.0638. The van der Waals surface area contributed by atoms with E-state index in [9.17, 15) is 0 Å². The van der Waals surface area contributed by atoms with Gasteiger partial charge in [-0.2, -0.15) is 0 Å². The zero-order valence-electron chi connectivity index (χ0n) is 28.3. The molecule has 5 nitrogen and oxygen atoms in total. The number of allylic oxidation sites excluding steroid dienone is 3. The normalized spacial score (nSPS) is 17.4. The van der Waals surface area contributed by atoms with Crippen LogP contribution in [0.5, 0.6) is 0 Å². The van der Waals surface area contributed by atoms with E-state index >= 15 is 0 Å². The molecule has 7 aromatic carbocycles. The number of benzene rings is 7. The standard InChI is InChI=1S/C47H33N5/c1-4-16-32(17-5-1)45-48-46(33-18-6-2-7-19-33)50-47(49-45)52-40-29-25-31-15-11-13-23-36(31)42(40)38-27-26-37-41-35-22-12-10-14-30(35)24-28-39(41)51(43(37)44(38)52)34-20-8-3-9-21-34/h1-18,20-29,33,47H,19H2,(H,48,49,50). The van der Waals surface area contributed by atoms with Gasteiger partial charge < -0.3 is 9.88 Å². The first-order valence-electron chi connectivity index (χ1n) is 18.0. The summed E-state index contributed by atoms with van der Waals surface area (Å²) in [5.41, 5.74) is 6.73. The molecule has 0 spiro atoms. The number of hydrogen-bond acceptors (Lipinski definition) is 3. The highest BCUT2D eigenvalue weighted by Gasteiger charge is 2.29. The van der Waals surface area contributed by atoms with Gasteiger partial charge >= 0.3 is 0 Å². The van der Waals surface area contributed by atoms with Crippen molar-refractivity contribution < 1.29 is 0 Å². The van der Waals surface area contributed by atoms with Gasteiger partial charge in [-0.25, -0.2) is 9.98 Å². The van der Waals surface area contributed by atoms with Crippen LogP contribution in [0.4, 0.5) is 0 Å². The molecule has 0 saturated heterocycles. The van der Waals surface area contributed by atoms with E-state index in [-0.39, 0.29) is 5.92 Å². The van der Waals surface area contributed by atoms with Crippen LogP contribution < -0.4 is 5.32 Å². The predicted molar refractivity (Wildman–Crippen MR) is 218 cm³/mol. The van der Waals surface area contributed by atoms with Crippen LogP contribution in [0.2, 0.25) is 0 Å². The van der Waals surface area contributed by atoms with Gasteiger partial charge in [-0.05, 0) is 52.2 Å². The Balaban J connectivity index is 1.34. The van der Waals surface area contributed by atoms with Crippen LogP contribution in [0.1, 0.15) is 18.3 Å². The van der Waals surface area contributed by atoms with Crippen LogP contribution in [0.3, 0.4) is 0 Å². The second-order valence-corrected chi connectivity index (χ2v) is 13.7. The second kappa shape index (κ2) is 11.4. The van der Waals surface area contributed by atoms with Crippen LogP contribution in [-0.2, 0) is 0 Å². The third-order valence-corrected chi connectivity index (χ3v) is 10.8. The fourth-order valence-electron chi connectivity index (χ4n) is 8.54. The lowest BCUT2D eigenvalue weighted by atomic mass is 9.99. The molecule has 3 heterocycles. The molecule has 0 bridgehead atoms. The molecule has 2 aliphatic rings. The maximum Gasteiger partial charge on any atom is 0.224 e. The number of nitrogens with one attached hydrogen (secondary N) is 1. The van der Waals surface area contributed by atoms with Gasteiger partial charge in [0.1, 0.15) is 11.7 Å². The first-order chi connectivity index (χ1) is 25.8. The summed E-state index contributed by atoms with van der Waals surface area (Å²) in [5, 5.41) is 13.5. The average Bonchev–Trinajstić information content (AvgIpc) is 3.75. The van der Waals surface area contributed by atoms with Crippen LogP contribution in [-0.4, -0.2) is 20.8 Å². The highest BCUT2D eigenvalue weighted by atomic mass is 15.3. The molecule has 2 unspecified atom stereocenters. The van der Waals surface area contributed by atoms with Crippen molar-refractivity contribution in [2.45, 2.75) is 12.7 Å². The number of aliphatic imine (C=N–C) groups is 2. The SMILES string of the molecule is C1=CCC(C2=NC(n3c4ccc5ccccc5c4c4ccc5c6c7ccccc7ccc6n(-c6ccccc6)c5c43)N=C(c3ccccc3)N2)C=C1. The van der Waals surface area contributed by atoms with Gasteiger partial charge in [0.2, 0.25) is 6.29 Å². The van der Waals surface area contributed by atoms with Crippen molar-refractivity contribution in [2.24, 2.45) is 15.9 Å². The lowest BCUT2D eigenvalue weighted by Gasteiger charge is -2.27. The summed E-state index contributed by atoms with van der Waals surface area (Å²) >= 11 is 0. The molecule has 2 aromatic heterocycles. The Morgan fingerprint density at radius 3 is 1.88 bits per heavy atom. The molecule has 9 aromatic rings. The third kappa shape index (κ3) is 4.29. The molecule has 0 amide bonds. The Bertz CT molecular complexity index is 3010. The summed E-state index contributed by atoms with van der Waals surface area (Å²) in [6.45, 7) is 0. The number of hydrogen-bond donors (Lipinski definition) is 1. The Kier molecular flexibility index (Phi) is 6.37. The Morgan fingerprint density at radius 2 is 1.17 bits per heavy atom. The summed E-state index contributed by atoms with van der Waals surface area (Å²) in [6.07, 6.45) is 9.04. The first-order valence-corrected chi connectivity index (χ1v) is 18.0. The zero-order chi connectivity index (χ0) is 34.2. The molecule has 2 atom stereocenters. The molecule has 52 heavy (non-hydrogen) atoms. The summed E-state index contributed by atoms with van der Waals surface area (Å²) < 4.78 is 4.87. The van der Waals surface area contributed by atoms with Gasteiger partial charge in [0, 0.05) is 38.7 Å². The second-order valence-electron chi connectivity index (χ2n) is 13.7. The van der Waals surface area contributed by atoms with Crippen molar-refractivity contribution in [1.29, 1.82) is 0 Å². The molecule has 5 heteroatoms. The van der Waals surface area contributed by atoms with E-state index < -0.39 is 6.29 Å². The number of aromatic nitrogens is 2. The quantitative estimate of drug-likeness (QED) is 0.199. The Morgan fingerprint density at radius 1 is 0.538 bits per heavy atom. The molecule has 1 aliphatic carbocycles. The van der Waals surface area contributed by atoms with Crippen molar-refractivity contribution >= 4 is 76.8 Å². The Labute approximate surface area is 300 Å². The smallest absolute Gasteiger partial charge is 0.224 e. The van der Waals surface area contributed by atoms with Gasteiger partial charge in [0.05, 0.1) is 22.1 Å². The van der Waals surface area contributed by atoms with E-state index in [2.05, 4.69) is 184 Å². The molecular formula is C47H33N5. The summed E-state index contributed by atoms with van der Waals surface area (Å²) in [6, 6.07) is 52.4. The number of nitrogens with zero attached hydrogens (tertiary/aromatic N) is 4. The zero-order valence-corrected chi connectivity index (χ0v) is 28.3. The highest BCUT2D eigenvalue weighted by Crippen LogP contribution is 2.45. The molecule has 1 aliphatic heterocycles. The molecule has 0 fully saturated rings. The number of rotatable bonds is 4. The summed E-state index contributed by atoms with van der Waals surface area (Å²) in [7, 11) is 0. The van der Waals surface area contributed by atoms with Crippen molar-refractivity contribution in [3.63, 3.8) is 0 Å². The maximum atomic E-state index is 5.50. The number of fused-ring (bicyclic) bond motifs is 11. The fourth-order valence-corrected chi connectivity index (χ4v) is 8.54. The minimum Gasteiger partial charge on any atom is -0.328 e. The molecule has 0 radical (unpaired) electrons. The van der Waals surface area contributed by atoms with E-state index in [1.54, 1.807) is 0 Å². The van der Waals surface area contributed by atoms with Gasteiger partial charge in [-0.15, -0.1) is 0 Å². The van der Waals surface area contributed by atoms with E-state index in [0.29, 0.717) is 0 Å². The van der Waals surface area contributed by atoms with Crippen LogP contribution in [0.15, 0.2) is 180 Å². The Hall–Kier alpha value is -6.72. The first kappa shape index (κ1) is 29.1. The van der Waals surface area contributed by atoms with Crippen molar-refractivity contribution in [2.75, 3.05) is 0 Å². The maximum absolute atomic E-state index is 5.50. The van der Waals surface area contributed by atoms with Crippen molar-refractivity contribution in [1.82, 2.24) is 14.5 Å². The monoisotopic (exact) mass is 667 g/mol. The van der Waals surface area contributed by atoms with Gasteiger partial charge in [-0.3, -0.25) is 4.57 Å². The predicted octanol–water partition coefficient (Wildman–Crippen LogP) is 11.2. The van der Waals surface area contributed by atoms with Crippen LogP contribution >= 0.6 is 0 Å². The summed E-state index contributed by atoms with van der Waals surface area (Å²) in [4.78, 5) is 11.0. The van der Waals surface area contributed by atoms with Crippen molar-refractivity contribution in [3.8, 4) is 5.69 Å². The number of amidine groups is 2.